The van der Waals surface area contributed by atoms with Crippen LogP contribution in [0.4, 0.5) is 11.4 Å². The fourth-order valence-corrected chi connectivity index (χ4v) is 2.11. The molecule has 0 radical (unpaired) electrons. The highest BCUT2D eigenvalue weighted by Gasteiger charge is 2.19. The molecule has 0 aromatic heterocycles. The Morgan fingerprint density at radius 1 is 1.32 bits per heavy atom. The molecule has 0 aliphatic rings. The van der Waals surface area contributed by atoms with Gasteiger partial charge in [-0.05, 0) is 31.5 Å². The first-order valence-corrected chi connectivity index (χ1v) is 6.72. The van der Waals surface area contributed by atoms with Gasteiger partial charge in [-0.25, -0.2) is 0 Å². The zero-order chi connectivity index (χ0) is 14.6. The van der Waals surface area contributed by atoms with E-state index in [-0.39, 0.29) is 5.91 Å². The van der Waals surface area contributed by atoms with Crippen LogP contribution in [0.1, 0.15) is 37.0 Å². The third kappa shape index (κ3) is 3.63. The highest BCUT2D eigenvalue weighted by molar-refractivity contribution is 6.00. The molecule has 19 heavy (non-hydrogen) atoms. The highest BCUT2D eigenvalue weighted by Crippen LogP contribution is 2.26. The molecule has 1 amide bonds. The van der Waals surface area contributed by atoms with Gasteiger partial charge < -0.3 is 15.5 Å². The van der Waals surface area contributed by atoms with Crippen molar-refractivity contribution < 1.29 is 4.79 Å². The fraction of sp³-hybridized carbons (Fsp3) is 0.533. The molecule has 1 rings (SSSR count). The summed E-state index contributed by atoms with van der Waals surface area (Å²) in [6.07, 6.45) is 2.20. The predicted octanol–water partition coefficient (Wildman–Crippen LogP) is 2.60. The summed E-state index contributed by atoms with van der Waals surface area (Å²) in [7, 11) is 5.54. The predicted molar refractivity (Wildman–Crippen MR) is 81.6 cm³/mol. The summed E-state index contributed by atoms with van der Waals surface area (Å²) < 4.78 is 0. The minimum Gasteiger partial charge on any atom is -0.399 e. The highest BCUT2D eigenvalue weighted by atomic mass is 16.2. The van der Waals surface area contributed by atoms with Crippen molar-refractivity contribution in [1.29, 1.82) is 0 Å². The van der Waals surface area contributed by atoms with Crippen LogP contribution in [0.3, 0.4) is 0 Å². The van der Waals surface area contributed by atoms with E-state index in [1.807, 2.05) is 19.2 Å². The summed E-state index contributed by atoms with van der Waals surface area (Å²) in [5.41, 5.74) is 8.15. The van der Waals surface area contributed by atoms with Gasteiger partial charge >= 0.3 is 0 Å². The first-order chi connectivity index (χ1) is 8.88. The van der Waals surface area contributed by atoms with Gasteiger partial charge in [-0.2, -0.15) is 0 Å². The van der Waals surface area contributed by atoms with Gasteiger partial charge in [-0.3, -0.25) is 4.79 Å². The maximum absolute atomic E-state index is 12.2. The van der Waals surface area contributed by atoms with Crippen molar-refractivity contribution in [1.82, 2.24) is 4.90 Å². The fourth-order valence-electron chi connectivity index (χ4n) is 2.11. The second-order valence-electron chi connectivity index (χ2n) is 5.22. The lowest BCUT2D eigenvalue weighted by Crippen LogP contribution is -2.32. The molecule has 1 atom stereocenters. The lowest BCUT2D eigenvalue weighted by molar-refractivity contribution is 0.0828. The zero-order valence-electron chi connectivity index (χ0n) is 12.6. The van der Waals surface area contributed by atoms with E-state index in [0.717, 1.165) is 18.5 Å². The van der Waals surface area contributed by atoms with Gasteiger partial charge in [0.15, 0.2) is 0 Å². The van der Waals surface area contributed by atoms with Crippen molar-refractivity contribution in [2.24, 2.45) is 0 Å². The topological polar surface area (TPSA) is 49.6 Å². The normalized spacial score (nSPS) is 12.1. The van der Waals surface area contributed by atoms with E-state index < -0.39 is 0 Å². The molecule has 0 aliphatic heterocycles. The molecule has 2 N–H and O–H groups in total. The maximum Gasteiger partial charge on any atom is 0.255 e. The number of nitrogens with two attached hydrogens (primary N) is 1. The monoisotopic (exact) mass is 263 g/mol. The van der Waals surface area contributed by atoms with Crippen molar-refractivity contribution >= 4 is 17.3 Å². The molecule has 0 fully saturated rings. The summed E-state index contributed by atoms with van der Waals surface area (Å²) in [5, 5.41) is 0. The van der Waals surface area contributed by atoms with Gasteiger partial charge in [0.2, 0.25) is 0 Å². The second-order valence-corrected chi connectivity index (χ2v) is 5.22. The van der Waals surface area contributed by atoms with Crippen molar-refractivity contribution in [3.8, 4) is 0 Å². The third-order valence-electron chi connectivity index (χ3n) is 3.41. The lowest BCUT2D eigenvalue weighted by Gasteiger charge is -2.29. The van der Waals surface area contributed by atoms with E-state index in [2.05, 4.69) is 18.7 Å². The SMILES string of the molecule is CCCC(C)N(C)c1cc(N)ccc1C(=O)N(C)C. The van der Waals surface area contributed by atoms with Crippen LogP contribution in [0.2, 0.25) is 0 Å². The minimum atomic E-state index is 0.00514. The van der Waals surface area contributed by atoms with Crippen LogP contribution >= 0.6 is 0 Å². The Balaban J connectivity index is 3.17. The molecule has 1 aromatic rings. The molecule has 0 spiro atoms. The first-order valence-electron chi connectivity index (χ1n) is 6.72. The second kappa shape index (κ2) is 6.45. The van der Waals surface area contributed by atoms with Crippen LogP contribution < -0.4 is 10.6 Å². The average molecular weight is 263 g/mol. The molecule has 106 valence electrons. The summed E-state index contributed by atoms with van der Waals surface area (Å²) in [6.45, 7) is 4.33. The van der Waals surface area contributed by atoms with E-state index in [0.29, 0.717) is 17.3 Å². The molecule has 4 nitrogen and oxygen atoms in total. The number of rotatable bonds is 5. The molecule has 4 heteroatoms. The molecule has 1 aromatic carbocycles. The van der Waals surface area contributed by atoms with Gasteiger partial charge in [0, 0.05) is 32.9 Å². The van der Waals surface area contributed by atoms with Crippen molar-refractivity contribution in [3.05, 3.63) is 23.8 Å². The summed E-state index contributed by atoms with van der Waals surface area (Å²) >= 11 is 0. The van der Waals surface area contributed by atoms with Gasteiger partial charge in [0.1, 0.15) is 0 Å². The number of hydrogen-bond acceptors (Lipinski definition) is 3. The van der Waals surface area contributed by atoms with E-state index in [4.69, 9.17) is 5.73 Å². The van der Waals surface area contributed by atoms with Gasteiger partial charge in [-0.15, -0.1) is 0 Å². The summed E-state index contributed by atoms with van der Waals surface area (Å²) in [4.78, 5) is 15.9. The molecular formula is C15H25N3O. The Morgan fingerprint density at radius 3 is 2.47 bits per heavy atom. The Labute approximate surface area is 116 Å². The number of carbonyl (C=O) groups excluding carboxylic acids is 1. The van der Waals surface area contributed by atoms with Crippen molar-refractivity contribution in [2.75, 3.05) is 31.8 Å². The van der Waals surface area contributed by atoms with Crippen LogP contribution in [0.25, 0.3) is 0 Å². The standard InChI is InChI=1S/C15H25N3O/c1-6-7-11(2)18(5)14-10-12(16)8-9-13(14)15(19)17(3)4/h8-11H,6-7,16H2,1-5H3. The number of benzene rings is 1. The van der Waals surface area contributed by atoms with Gasteiger partial charge in [0.05, 0.1) is 11.3 Å². The third-order valence-corrected chi connectivity index (χ3v) is 3.41. The number of carbonyl (C=O) groups is 1. The number of nitrogen functional groups attached to an aromatic ring is 1. The smallest absolute Gasteiger partial charge is 0.255 e. The first kappa shape index (κ1) is 15.3. The van der Waals surface area contributed by atoms with Crippen LogP contribution in [0.15, 0.2) is 18.2 Å². The van der Waals surface area contributed by atoms with E-state index >= 15 is 0 Å². The van der Waals surface area contributed by atoms with Crippen LogP contribution in [0, 0.1) is 0 Å². The van der Waals surface area contributed by atoms with E-state index in [9.17, 15) is 4.79 Å². The minimum absolute atomic E-state index is 0.00514. The Morgan fingerprint density at radius 2 is 1.95 bits per heavy atom. The average Bonchev–Trinajstić information content (AvgIpc) is 2.37. The number of hydrogen-bond donors (Lipinski definition) is 1. The lowest BCUT2D eigenvalue weighted by atomic mass is 10.1. The van der Waals surface area contributed by atoms with Gasteiger partial charge in [-0.1, -0.05) is 13.3 Å². The Hall–Kier alpha value is -1.71. The molecule has 0 aliphatic carbocycles. The quantitative estimate of drug-likeness (QED) is 0.831. The van der Waals surface area contributed by atoms with E-state index in [1.54, 1.807) is 25.1 Å². The van der Waals surface area contributed by atoms with E-state index in [1.165, 1.54) is 0 Å². The summed E-state index contributed by atoms with van der Waals surface area (Å²) in [6, 6.07) is 5.84. The Kier molecular flexibility index (Phi) is 5.21. The number of anilines is 2. The molecule has 0 saturated heterocycles. The van der Waals surface area contributed by atoms with Crippen LogP contribution in [-0.4, -0.2) is 38.0 Å². The molecular weight excluding hydrogens is 238 g/mol. The maximum atomic E-state index is 12.2. The Bertz CT molecular complexity index is 443. The number of amides is 1. The van der Waals surface area contributed by atoms with Gasteiger partial charge in [0.25, 0.3) is 5.91 Å². The number of nitrogens with zero attached hydrogens (tertiary/aromatic N) is 2. The molecule has 0 saturated carbocycles. The zero-order valence-corrected chi connectivity index (χ0v) is 12.6. The van der Waals surface area contributed by atoms with Crippen LogP contribution in [-0.2, 0) is 0 Å². The summed E-state index contributed by atoms with van der Waals surface area (Å²) in [5.74, 6) is 0.00514. The molecule has 1 unspecified atom stereocenters. The van der Waals surface area contributed by atoms with Crippen LogP contribution in [0.5, 0.6) is 0 Å². The molecule has 0 heterocycles. The largest absolute Gasteiger partial charge is 0.399 e. The van der Waals surface area contributed by atoms with Crippen molar-refractivity contribution in [2.45, 2.75) is 32.7 Å². The van der Waals surface area contributed by atoms with Crippen molar-refractivity contribution in [3.63, 3.8) is 0 Å². The molecule has 0 bridgehead atoms.